The van der Waals surface area contributed by atoms with Gasteiger partial charge in [0.2, 0.25) is 5.91 Å². The van der Waals surface area contributed by atoms with Crippen molar-refractivity contribution in [2.75, 3.05) is 6.54 Å². The van der Waals surface area contributed by atoms with Crippen LogP contribution < -0.4 is 0 Å². The Morgan fingerprint density at radius 3 is 2.62 bits per heavy atom. The molecule has 1 fully saturated rings. The molecule has 1 heterocycles. The summed E-state index contributed by atoms with van der Waals surface area (Å²) in [5.41, 5.74) is 3.68. The molecule has 0 radical (unpaired) electrons. The maximum Gasteiger partial charge on any atom is 0.226 e. The summed E-state index contributed by atoms with van der Waals surface area (Å²) >= 11 is 0. The van der Waals surface area contributed by atoms with Crippen LogP contribution >= 0.6 is 0 Å². The van der Waals surface area contributed by atoms with Crippen molar-refractivity contribution in [2.45, 2.75) is 51.7 Å². The van der Waals surface area contributed by atoms with Gasteiger partial charge >= 0.3 is 0 Å². The number of benzene rings is 2. The van der Waals surface area contributed by atoms with Gasteiger partial charge in [0.1, 0.15) is 5.82 Å². The van der Waals surface area contributed by atoms with Gasteiger partial charge in [-0.1, -0.05) is 60.5 Å². The van der Waals surface area contributed by atoms with E-state index in [4.69, 9.17) is 4.84 Å². The number of oxime groups is 1. The summed E-state index contributed by atoms with van der Waals surface area (Å²) in [6.07, 6.45) is 4.46. The molecule has 0 saturated heterocycles. The van der Waals surface area contributed by atoms with Crippen LogP contribution in [0.15, 0.2) is 53.7 Å². The Kier molecular flexibility index (Phi) is 5.93. The topological polar surface area (TPSA) is 41.9 Å². The van der Waals surface area contributed by atoms with Gasteiger partial charge in [0.25, 0.3) is 0 Å². The van der Waals surface area contributed by atoms with Crippen LogP contribution in [0.3, 0.4) is 0 Å². The van der Waals surface area contributed by atoms with Crippen molar-refractivity contribution in [3.63, 3.8) is 0 Å². The third kappa shape index (κ3) is 4.50. The zero-order chi connectivity index (χ0) is 20.2. The quantitative estimate of drug-likeness (QED) is 0.703. The molecular formula is C24H27FN2O2. The van der Waals surface area contributed by atoms with E-state index in [1.165, 1.54) is 6.07 Å². The zero-order valence-corrected chi connectivity index (χ0v) is 16.8. The minimum absolute atomic E-state index is 0.0416. The summed E-state index contributed by atoms with van der Waals surface area (Å²) in [5.74, 6) is -0.125. The summed E-state index contributed by atoms with van der Waals surface area (Å²) in [4.78, 5) is 20.6. The molecule has 1 aliphatic carbocycles. The fraction of sp³-hybridized carbons (Fsp3) is 0.417. The number of halogens is 1. The minimum atomic E-state index is -0.277. The average molecular weight is 394 g/mol. The van der Waals surface area contributed by atoms with Crippen molar-refractivity contribution < 1.29 is 14.0 Å². The van der Waals surface area contributed by atoms with E-state index in [9.17, 15) is 9.18 Å². The summed E-state index contributed by atoms with van der Waals surface area (Å²) in [6.45, 7) is 2.74. The van der Waals surface area contributed by atoms with Gasteiger partial charge in [-0.25, -0.2) is 4.39 Å². The lowest BCUT2D eigenvalue weighted by molar-refractivity contribution is -0.137. The first-order chi connectivity index (χ1) is 14.1. The Labute approximate surface area is 171 Å². The van der Waals surface area contributed by atoms with Crippen LogP contribution in [0.4, 0.5) is 4.39 Å². The van der Waals surface area contributed by atoms with Crippen molar-refractivity contribution in [3.05, 3.63) is 71.0 Å². The smallest absolute Gasteiger partial charge is 0.226 e. The SMILES string of the molecule is Cc1ccccc1C1=NO[C@H](CN(Cc2ccccc2F)C(=O)C2CCCC2)C1. The predicted molar refractivity (Wildman–Crippen MR) is 111 cm³/mol. The number of aryl methyl sites for hydroxylation is 1. The van der Waals surface area contributed by atoms with Crippen molar-refractivity contribution in [1.29, 1.82) is 0 Å². The largest absolute Gasteiger partial charge is 0.390 e. The number of amides is 1. The second-order valence-electron chi connectivity index (χ2n) is 8.08. The lowest BCUT2D eigenvalue weighted by atomic mass is 9.99. The van der Waals surface area contributed by atoms with Crippen molar-refractivity contribution in [1.82, 2.24) is 4.90 Å². The maximum absolute atomic E-state index is 14.2. The van der Waals surface area contributed by atoms with Crippen LogP contribution in [0, 0.1) is 18.7 Å². The van der Waals surface area contributed by atoms with E-state index in [2.05, 4.69) is 18.1 Å². The monoisotopic (exact) mass is 394 g/mol. The van der Waals surface area contributed by atoms with Gasteiger partial charge in [-0.2, -0.15) is 0 Å². The second-order valence-corrected chi connectivity index (χ2v) is 8.08. The molecule has 1 aliphatic heterocycles. The van der Waals surface area contributed by atoms with E-state index in [1.54, 1.807) is 17.0 Å². The molecule has 4 rings (SSSR count). The van der Waals surface area contributed by atoms with Crippen molar-refractivity contribution >= 4 is 11.6 Å². The van der Waals surface area contributed by atoms with Gasteiger partial charge in [0, 0.05) is 30.0 Å². The van der Waals surface area contributed by atoms with E-state index in [0.717, 1.165) is 42.5 Å². The Balaban J connectivity index is 1.48. The molecule has 29 heavy (non-hydrogen) atoms. The molecule has 2 aliphatic rings. The lowest BCUT2D eigenvalue weighted by Crippen LogP contribution is -2.40. The highest BCUT2D eigenvalue weighted by atomic mass is 19.1. The fourth-order valence-corrected chi connectivity index (χ4v) is 4.32. The maximum atomic E-state index is 14.2. The third-order valence-electron chi connectivity index (χ3n) is 5.95. The van der Waals surface area contributed by atoms with Crippen LogP contribution in [0.1, 0.15) is 48.8 Å². The first-order valence-corrected chi connectivity index (χ1v) is 10.4. The molecule has 1 atom stereocenters. The summed E-state index contributed by atoms with van der Waals surface area (Å²) in [5, 5.41) is 4.29. The molecular weight excluding hydrogens is 367 g/mol. The number of nitrogens with zero attached hydrogens (tertiary/aromatic N) is 2. The summed E-state index contributed by atoms with van der Waals surface area (Å²) in [7, 11) is 0. The van der Waals surface area contributed by atoms with Crippen LogP contribution in [0.25, 0.3) is 0 Å². The molecule has 0 unspecified atom stereocenters. The number of hydrogen-bond acceptors (Lipinski definition) is 3. The van der Waals surface area contributed by atoms with E-state index in [-0.39, 0.29) is 30.3 Å². The van der Waals surface area contributed by atoms with E-state index < -0.39 is 0 Å². The molecule has 1 saturated carbocycles. The molecule has 2 aromatic rings. The van der Waals surface area contributed by atoms with Gasteiger partial charge < -0.3 is 9.74 Å². The lowest BCUT2D eigenvalue weighted by Gasteiger charge is -2.27. The van der Waals surface area contributed by atoms with Crippen LogP contribution in [0.2, 0.25) is 0 Å². The number of carbonyl (C=O) groups excluding carboxylic acids is 1. The van der Waals surface area contributed by atoms with Gasteiger partial charge in [-0.15, -0.1) is 0 Å². The van der Waals surface area contributed by atoms with Crippen LogP contribution in [0.5, 0.6) is 0 Å². The van der Waals surface area contributed by atoms with Crippen molar-refractivity contribution in [3.8, 4) is 0 Å². The second kappa shape index (κ2) is 8.76. The van der Waals surface area contributed by atoms with Gasteiger partial charge in [-0.3, -0.25) is 4.79 Å². The van der Waals surface area contributed by atoms with Crippen molar-refractivity contribution in [2.24, 2.45) is 11.1 Å². The number of hydrogen-bond donors (Lipinski definition) is 0. The highest BCUT2D eigenvalue weighted by molar-refractivity contribution is 6.02. The Morgan fingerprint density at radius 2 is 1.86 bits per heavy atom. The molecule has 2 aromatic carbocycles. The molecule has 4 nitrogen and oxygen atoms in total. The van der Waals surface area contributed by atoms with E-state index >= 15 is 0 Å². The Hall–Kier alpha value is -2.69. The van der Waals surface area contributed by atoms with E-state index in [0.29, 0.717) is 18.5 Å². The van der Waals surface area contributed by atoms with E-state index in [1.807, 2.05) is 24.3 Å². The normalized spacial score (nSPS) is 19.1. The fourth-order valence-electron chi connectivity index (χ4n) is 4.32. The molecule has 0 bridgehead atoms. The van der Waals surface area contributed by atoms with Gasteiger partial charge in [0.15, 0.2) is 6.10 Å². The molecule has 1 amide bonds. The molecule has 0 aromatic heterocycles. The predicted octanol–water partition coefficient (Wildman–Crippen LogP) is 4.85. The zero-order valence-electron chi connectivity index (χ0n) is 16.8. The molecule has 5 heteroatoms. The van der Waals surface area contributed by atoms with Crippen LogP contribution in [-0.2, 0) is 16.2 Å². The third-order valence-corrected chi connectivity index (χ3v) is 5.95. The Morgan fingerprint density at radius 1 is 1.14 bits per heavy atom. The van der Waals surface area contributed by atoms with Crippen LogP contribution in [-0.4, -0.2) is 29.2 Å². The molecule has 0 spiro atoms. The first-order valence-electron chi connectivity index (χ1n) is 10.4. The average Bonchev–Trinajstić information content (AvgIpc) is 3.41. The number of rotatable bonds is 6. The number of carbonyl (C=O) groups is 1. The van der Waals surface area contributed by atoms with Gasteiger partial charge in [0.05, 0.1) is 12.3 Å². The molecule has 152 valence electrons. The first kappa shape index (κ1) is 19.6. The Bertz CT molecular complexity index is 905. The van der Waals surface area contributed by atoms with Gasteiger partial charge in [-0.05, 0) is 31.4 Å². The highest BCUT2D eigenvalue weighted by Gasteiger charge is 2.32. The summed E-state index contributed by atoms with van der Waals surface area (Å²) < 4.78 is 14.2. The standard InChI is InChI=1S/C24H27FN2O2/c1-17-8-2-6-12-21(17)23-14-20(29-26-23)16-27(24(28)18-9-3-4-10-18)15-19-11-5-7-13-22(19)25/h2,5-8,11-13,18,20H,3-4,9-10,14-16H2,1H3/t20-/m0/s1. The highest BCUT2D eigenvalue weighted by Crippen LogP contribution is 2.28. The minimum Gasteiger partial charge on any atom is -0.390 e. The summed E-state index contributed by atoms with van der Waals surface area (Å²) in [6, 6.07) is 14.8. The molecule has 0 N–H and O–H groups in total.